The Kier molecular flexibility index (Phi) is 6.20. The molecule has 1 aromatic heterocycles. The van der Waals surface area contributed by atoms with Gasteiger partial charge in [-0.05, 0) is 57.9 Å². The van der Waals surface area contributed by atoms with Gasteiger partial charge in [-0.25, -0.2) is 0 Å². The summed E-state index contributed by atoms with van der Waals surface area (Å²) in [5, 5.41) is 1.07. The Morgan fingerprint density at radius 2 is 1.71 bits per heavy atom. The number of hydrogen-bond acceptors (Lipinski definition) is 5. The van der Waals surface area contributed by atoms with E-state index in [1.165, 1.54) is 0 Å². The molecule has 0 aliphatic rings. The van der Waals surface area contributed by atoms with Gasteiger partial charge in [-0.2, -0.15) is 0 Å². The summed E-state index contributed by atoms with van der Waals surface area (Å²) in [6.45, 7) is 0.182. The highest BCUT2D eigenvalue weighted by Gasteiger charge is 2.21. The number of ether oxygens (including phenoxy) is 3. The second kappa shape index (κ2) is 9.04. The van der Waals surface area contributed by atoms with Crippen molar-refractivity contribution in [1.29, 1.82) is 0 Å². The molecule has 0 N–H and O–H groups in total. The average molecular weight is 502 g/mol. The van der Waals surface area contributed by atoms with E-state index in [1.54, 1.807) is 56.7 Å². The molecular formula is C24H18BrClO5. The molecule has 0 spiro atoms. The number of benzene rings is 3. The molecule has 0 atom stereocenters. The number of para-hydroxylation sites is 1. The van der Waals surface area contributed by atoms with Crippen LogP contribution >= 0.6 is 27.5 Å². The van der Waals surface area contributed by atoms with Crippen LogP contribution in [-0.4, -0.2) is 14.2 Å². The number of hydrogen-bond donors (Lipinski definition) is 0. The Bertz CT molecular complexity index is 1300. The lowest BCUT2D eigenvalue weighted by atomic mass is 10.1. The number of methoxy groups -OCH3 is 2. The smallest absolute Gasteiger partial charge is 0.235 e. The minimum absolute atomic E-state index is 0.118. The number of halogens is 2. The van der Waals surface area contributed by atoms with E-state index in [-0.39, 0.29) is 17.8 Å². The summed E-state index contributed by atoms with van der Waals surface area (Å²) >= 11 is 9.45. The van der Waals surface area contributed by atoms with Crippen molar-refractivity contribution in [3.05, 3.63) is 85.9 Å². The van der Waals surface area contributed by atoms with Crippen LogP contribution in [0.1, 0.15) is 5.56 Å². The van der Waals surface area contributed by atoms with Crippen LogP contribution in [0.5, 0.6) is 17.2 Å². The second-order valence-corrected chi connectivity index (χ2v) is 7.99. The molecule has 0 aliphatic carbocycles. The molecule has 0 saturated carbocycles. The zero-order valence-electron chi connectivity index (χ0n) is 16.8. The van der Waals surface area contributed by atoms with Crippen molar-refractivity contribution in [3.63, 3.8) is 0 Å². The molecule has 0 aliphatic heterocycles. The van der Waals surface area contributed by atoms with Crippen LogP contribution < -0.4 is 19.6 Å². The van der Waals surface area contributed by atoms with E-state index in [0.717, 1.165) is 5.56 Å². The molecule has 4 rings (SSSR count). The van der Waals surface area contributed by atoms with E-state index >= 15 is 0 Å². The van der Waals surface area contributed by atoms with Gasteiger partial charge in [0.05, 0.1) is 24.1 Å². The number of rotatable bonds is 6. The third-order valence-corrected chi connectivity index (χ3v) is 5.59. The van der Waals surface area contributed by atoms with Crippen LogP contribution in [-0.2, 0) is 6.61 Å². The number of fused-ring (bicyclic) bond motifs is 1. The summed E-state index contributed by atoms with van der Waals surface area (Å²) < 4.78 is 23.6. The SMILES string of the molecule is COc1cc(-c2oc3ccccc3c(=O)c2OCc2ccc(Cl)cc2)cc(Br)c1OC. The maximum atomic E-state index is 13.3. The summed E-state index contributed by atoms with van der Waals surface area (Å²) in [5.41, 5.74) is 1.69. The predicted octanol–water partition coefficient (Wildman–Crippen LogP) is 6.47. The van der Waals surface area contributed by atoms with Gasteiger partial charge in [-0.3, -0.25) is 4.79 Å². The quantitative estimate of drug-likeness (QED) is 0.303. The largest absolute Gasteiger partial charge is 0.493 e. The minimum atomic E-state index is -0.253. The standard InChI is InChI=1S/C24H18BrClO5/c1-28-20-12-15(11-18(25)23(20)29-2)22-24(30-13-14-7-9-16(26)10-8-14)21(27)17-5-3-4-6-19(17)31-22/h3-12H,13H2,1-2H3. The van der Waals surface area contributed by atoms with Crippen molar-refractivity contribution in [2.75, 3.05) is 14.2 Å². The molecule has 1 heterocycles. The van der Waals surface area contributed by atoms with Gasteiger partial charge in [0.1, 0.15) is 12.2 Å². The normalized spacial score (nSPS) is 10.8. The Balaban J connectivity index is 1.87. The van der Waals surface area contributed by atoms with Gasteiger partial charge in [0.25, 0.3) is 0 Å². The van der Waals surface area contributed by atoms with Crippen LogP contribution in [0.3, 0.4) is 0 Å². The Morgan fingerprint density at radius 3 is 2.42 bits per heavy atom. The molecule has 0 amide bonds. The van der Waals surface area contributed by atoms with Gasteiger partial charge < -0.3 is 18.6 Å². The topological polar surface area (TPSA) is 57.9 Å². The van der Waals surface area contributed by atoms with Crippen molar-refractivity contribution < 1.29 is 18.6 Å². The Morgan fingerprint density at radius 1 is 0.968 bits per heavy atom. The monoisotopic (exact) mass is 500 g/mol. The molecule has 0 fully saturated rings. The van der Waals surface area contributed by atoms with Gasteiger partial charge in [0, 0.05) is 10.6 Å². The van der Waals surface area contributed by atoms with Crippen LogP contribution in [0.25, 0.3) is 22.3 Å². The lowest BCUT2D eigenvalue weighted by Gasteiger charge is -2.15. The zero-order chi connectivity index (χ0) is 22.0. The van der Waals surface area contributed by atoms with E-state index in [1.807, 2.05) is 18.2 Å². The summed E-state index contributed by atoms with van der Waals surface area (Å²) in [7, 11) is 3.10. The van der Waals surface area contributed by atoms with Gasteiger partial charge in [0.2, 0.25) is 11.2 Å². The van der Waals surface area contributed by atoms with E-state index in [2.05, 4.69) is 15.9 Å². The maximum absolute atomic E-state index is 13.3. The fourth-order valence-electron chi connectivity index (χ4n) is 3.23. The second-order valence-electron chi connectivity index (χ2n) is 6.69. The van der Waals surface area contributed by atoms with Gasteiger partial charge >= 0.3 is 0 Å². The highest BCUT2D eigenvalue weighted by atomic mass is 79.9. The molecule has 5 nitrogen and oxygen atoms in total. The lowest BCUT2D eigenvalue weighted by Crippen LogP contribution is -2.10. The Hall–Kier alpha value is -2.96. The molecule has 4 aromatic rings. The minimum Gasteiger partial charge on any atom is -0.493 e. The molecule has 158 valence electrons. The first-order valence-corrected chi connectivity index (χ1v) is 10.5. The third kappa shape index (κ3) is 4.27. The van der Waals surface area contributed by atoms with E-state index in [0.29, 0.717) is 43.3 Å². The van der Waals surface area contributed by atoms with Crippen LogP contribution in [0, 0.1) is 0 Å². The summed E-state index contributed by atoms with van der Waals surface area (Å²) in [5.74, 6) is 1.46. The maximum Gasteiger partial charge on any atom is 0.235 e. The van der Waals surface area contributed by atoms with Crippen LogP contribution in [0.2, 0.25) is 5.02 Å². The van der Waals surface area contributed by atoms with Crippen molar-refractivity contribution >= 4 is 38.5 Å². The first-order valence-electron chi connectivity index (χ1n) is 9.36. The molecule has 0 radical (unpaired) electrons. The molecule has 0 saturated heterocycles. The van der Waals surface area contributed by atoms with E-state index < -0.39 is 0 Å². The molecule has 3 aromatic carbocycles. The van der Waals surface area contributed by atoms with E-state index in [9.17, 15) is 4.79 Å². The summed E-state index contributed by atoms with van der Waals surface area (Å²) in [6, 6.07) is 17.8. The van der Waals surface area contributed by atoms with E-state index in [4.69, 9.17) is 30.2 Å². The Labute approximate surface area is 192 Å². The third-order valence-electron chi connectivity index (χ3n) is 4.75. The molecule has 31 heavy (non-hydrogen) atoms. The first kappa shape index (κ1) is 21.3. The highest BCUT2D eigenvalue weighted by molar-refractivity contribution is 9.10. The highest BCUT2D eigenvalue weighted by Crippen LogP contribution is 2.41. The van der Waals surface area contributed by atoms with Gasteiger partial charge in [-0.15, -0.1) is 0 Å². The van der Waals surface area contributed by atoms with Crippen molar-refractivity contribution in [3.8, 4) is 28.6 Å². The van der Waals surface area contributed by atoms with Crippen molar-refractivity contribution in [1.82, 2.24) is 0 Å². The van der Waals surface area contributed by atoms with Crippen molar-refractivity contribution in [2.45, 2.75) is 6.61 Å². The summed E-state index contributed by atoms with van der Waals surface area (Å²) in [6.07, 6.45) is 0. The summed E-state index contributed by atoms with van der Waals surface area (Å²) in [4.78, 5) is 13.3. The first-order chi connectivity index (χ1) is 15.0. The van der Waals surface area contributed by atoms with Crippen LogP contribution in [0.15, 0.2) is 74.3 Å². The molecule has 7 heteroatoms. The molecule has 0 bridgehead atoms. The van der Waals surface area contributed by atoms with Crippen LogP contribution in [0.4, 0.5) is 0 Å². The lowest BCUT2D eigenvalue weighted by molar-refractivity contribution is 0.298. The molecular weight excluding hydrogens is 484 g/mol. The van der Waals surface area contributed by atoms with Crippen molar-refractivity contribution in [2.24, 2.45) is 0 Å². The van der Waals surface area contributed by atoms with Gasteiger partial charge in [-0.1, -0.05) is 35.9 Å². The fourth-order valence-corrected chi connectivity index (χ4v) is 3.96. The molecule has 0 unspecified atom stereocenters. The van der Waals surface area contributed by atoms with Gasteiger partial charge in [0.15, 0.2) is 17.3 Å². The predicted molar refractivity (Wildman–Crippen MR) is 125 cm³/mol. The fraction of sp³-hybridized carbons (Fsp3) is 0.125. The average Bonchev–Trinajstić information content (AvgIpc) is 2.79. The zero-order valence-corrected chi connectivity index (χ0v) is 19.1.